The Kier molecular flexibility index (Phi) is 10.6. The first kappa shape index (κ1) is 28.2. The van der Waals surface area contributed by atoms with Crippen molar-refractivity contribution in [3.8, 4) is 0 Å². The topological polar surface area (TPSA) is 49.4 Å². The van der Waals surface area contributed by atoms with Gasteiger partial charge in [-0.05, 0) is 41.7 Å². The maximum atomic E-state index is 14.1. The molecule has 200 valence electrons. The summed E-state index contributed by atoms with van der Waals surface area (Å²) in [6.07, 6.45) is 5.71. The van der Waals surface area contributed by atoms with Gasteiger partial charge < -0.3 is 10.2 Å². The van der Waals surface area contributed by atoms with E-state index in [0.717, 1.165) is 36.8 Å². The van der Waals surface area contributed by atoms with E-state index in [1.54, 1.807) is 29.2 Å². The number of carbonyl (C=O) groups excluding carboxylic acids is 2. The van der Waals surface area contributed by atoms with Crippen LogP contribution in [0.25, 0.3) is 0 Å². The SMILES string of the molecule is O=C(NC1CCCCC1)[C@@H](Cc1ccccc1)N(Cc1ccccc1Cl)C(=O)CSCc1ccccc1F. The Hall–Kier alpha value is -2.83. The average molecular weight is 553 g/mol. The summed E-state index contributed by atoms with van der Waals surface area (Å²) in [5.41, 5.74) is 2.32. The van der Waals surface area contributed by atoms with Crippen molar-refractivity contribution in [2.45, 2.75) is 62.9 Å². The van der Waals surface area contributed by atoms with Gasteiger partial charge in [0.05, 0.1) is 5.75 Å². The number of amides is 2. The molecule has 0 unspecified atom stereocenters. The summed E-state index contributed by atoms with van der Waals surface area (Å²) in [5.74, 6) is -0.100. The Bertz CT molecular complexity index is 1200. The van der Waals surface area contributed by atoms with Gasteiger partial charge in [-0.15, -0.1) is 11.8 Å². The van der Waals surface area contributed by atoms with Gasteiger partial charge in [0, 0.05) is 29.8 Å². The van der Waals surface area contributed by atoms with Crippen LogP contribution in [0.4, 0.5) is 4.39 Å². The second kappa shape index (κ2) is 14.4. The summed E-state index contributed by atoms with van der Waals surface area (Å²) >= 11 is 7.84. The van der Waals surface area contributed by atoms with E-state index in [1.807, 2.05) is 48.5 Å². The first-order chi connectivity index (χ1) is 18.5. The van der Waals surface area contributed by atoms with Crippen LogP contribution in [0.3, 0.4) is 0 Å². The molecule has 0 aliphatic heterocycles. The monoisotopic (exact) mass is 552 g/mol. The van der Waals surface area contributed by atoms with E-state index in [-0.39, 0.29) is 36.0 Å². The van der Waals surface area contributed by atoms with E-state index in [2.05, 4.69) is 5.32 Å². The molecule has 1 fully saturated rings. The fraction of sp³-hybridized carbons (Fsp3) is 0.355. The third-order valence-electron chi connectivity index (χ3n) is 6.96. The van der Waals surface area contributed by atoms with Gasteiger partial charge in [-0.3, -0.25) is 9.59 Å². The summed E-state index contributed by atoms with van der Waals surface area (Å²) in [7, 11) is 0. The molecule has 0 radical (unpaired) electrons. The summed E-state index contributed by atoms with van der Waals surface area (Å²) < 4.78 is 14.1. The largest absolute Gasteiger partial charge is 0.352 e. The number of rotatable bonds is 11. The molecule has 0 saturated heterocycles. The van der Waals surface area contributed by atoms with Crippen molar-refractivity contribution < 1.29 is 14.0 Å². The van der Waals surface area contributed by atoms with Crippen LogP contribution in [-0.4, -0.2) is 34.6 Å². The summed E-state index contributed by atoms with van der Waals surface area (Å²) in [6.45, 7) is 0.217. The highest BCUT2D eigenvalue weighted by molar-refractivity contribution is 7.99. The van der Waals surface area contributed by atoms with Gasteiger partial charge in [-0.2, -0.15) is 0 Å². The predicted molar refractivity (Wildman–Crippen MR) is 154 cm³/mol. The molecule has 0 spiro atoms. The van der Waals surface area contributed by atoms with E-state index in [0.29, 0.717) is 22.8 Å². The number of halogens is 2. The molecule has 0 bridgehead atoms. The van der Waals surface area contributed by atoms with Crippen molar-refractivity contribution in [2.24, 2.45) is 0 Å². The predicted octanol–water partition coefficient (Wildman–Crippen LogP) is 6.80. The number of nitrogens with one attached hydrogen (secondary N) is 1. The number of hydrogen-bond donors (Lipinski definition) is 1. The first-order valence-electron chi connectivity index (χ1n) is 13.2. The second-order valence-electron chi connectivity index (χ2n) is 9.75. The molecule has 3 aromatic carbocycles. The molecule has 38 heavy (non-hydrogen) atoms. The van der Waals surface area contributed by atoms with Gasteiger partial charge in [-0.1, -0.05) is 97.6 Å². The minimum atomic E-state index is -0.697. The molecule has 1 saturated carbocycles. The van der Waals surface area contributed by atoms with Crippen LogP contribution >= 0.6 is 23.4 Å². The third-order valence-corrected chi connectivity index (χ3v) is 8.30. The molecule has 7 heteroatoms. The van der Waals surface area contributed by atoms with Crippen molar-refractivity contribution in [1.82, 2.24) is 10.2 Å². The van der Waals surface area contributed by atoms with Gasteiger partial charge in [0.25, 0.3) is 0 Å². The molecule has 3 aromatic rings. The lowest BCUT2D eigenvalue weighted by Crippen LogP contribution is -2.53. The number of thioether (sulfide) groups is 1. The average Bonchev–Trinajstić information content (AvgIpc) is 2.93. The maximum absolute atomic E-state index is 14.1. The molecule has 0 aromatic heterocycles. The normalized spacial score (nSPS) is 14.6. The molecule has 0 heterocycles. The highest BCUT2D eigenvalue weighted by Crippen LogP contribution is 2.24. The van der Waals surface area contributed by atoms with E-state index in [4.69, 9.17) is 11.6 Å². The van der Waals surface area contributed by atoms with Crippen LogP contribution in [0, 0.1) is 5.82 Å². The maximum Gasteiger partial charge on any atom is 0.243 e. The van der Waals surface area contributed by atoms with Crippen molar-refractivity contribution in [2.75, 3.05) is 5.75 Å². The number of carbonyl (C=O) groups is 2. The molecule has 1 aliphatic carbocycles. The second-order valence-corrected chi connectivity index (χ2v) is 11.1. The molecule has 4 nitrogen and oxygen atoms in total. The van der Waals surface area contributed by atoms with Gasteiger partial charge in [0.15, 0.2) is 0 Å². The molecule has 2 amide bonds. The standard InChI is InChI=1S/C31H34ClFN2O2S/c32-27-17-9-7-13-24(27)20-35(30(36)22-38-21-25-14-8-10-18-28(25)33)29(19-23-11-3-1-4-12-23)31(37)34-26-15-5-2-6-16-26/h1,3-4,7-14,17-18,26,29H,2,5-6,15-16,19-22H2,(H,34,37)/t29-/m1/s1. The number of hydrogen-bond acceptors (Lipinski definition) is 3. The van der Waals surface area contributed by atoms with Crippen LogP contribution < -0.4 is 5.32 Å². The summed E-state index contributed by atoms with van der Waals surface area (Å²) in [6, 6.07) is 23.2. The molecule has 1 aliphatic rings. The Balaban J connectivity index is 1.58. The van der Waals surface area contributed by atoms with Crippen LogP contribution in [0.1, 0.15) is 48.8 Å². The lowest BCUT2D eigenvalue weighted by Gasteiger charge is -2.33. The quantitative estimate of drug-likeness (QED) is 0.284. The van der Waals surface area contributed by atoms with Crippen molar-refractivity contribution in [3.63, 3.8) is 0 Å². The first-order valence-corrected chi connectivity index (χ1v) is 14.7. The Morgan fingerprint density at radius 3 is 2.29 bits per heavy atom. The van der Waals surface area contributed by atoms with E-state index in [9.17, 15) is 14.0 Å². The van der Waals surface area contributed by atoms with Crippen molar-refractivity contribution in [1.29, 1.82) is 0 Å². The Morgan fingerprint density at radius 2 is 1.58 bits per heavy atom. The van der Waals surface area contributed by atoms with Gasteiger partial charge in [-0.25, -0.2) is 4.39 Å². The smallest absolute Gasteiger partial charge is 0.243 e. The molecular formula is C31H34ClFN2O2S. The van der Waals surface area contributed by atoms with Crippen molar-refractivity contribution >= 4 is 35.2 Å². The van der Waals surface area contributed by atoms with Gasteiger partial charge >= 0.3 is 0 Å². The van der Waals surface area contributed by atoms with Gasteiger partial charge in [0.2, 0.25) is 11.8 Å². The summed E-state index contributed by atoms with van der Waals surface area (Å²) in [5, 5.41) is 3.79. The molecule has 1 atom stereocenters. The Morgan fingerprint density at radius 1 is 0.921 bits per heavy atom. The fourth-order valence-corrected chi connectivity index (χ4v) is 5.95. The zero-order chi connectivity index (χ0) is 26.7. The zero-order valence-corrected chi connectivity index (χ0v) is 23.0. The van der Waals surface area contributed by atoms with Gasteiger partial charge in [0.1, 0.15) is 11.9 Å². The minimum Gasteiger partial charge on any atom is -0.352 e. The molecule has 1 N–H and O–H groups in total. The third kappa shape index (κ3) is 8.08. The highest BCUT2D eigenvalue weighted by Gasteiger charge is 2.32. The number of benzene rings is 3. The minimum absolute atomic E-state index is 0.126. The van der Waals surface area contributed by atoms with E-state index in [1.165, 1.54) is 24.2 Å². The zero-order valence-electron chi connectivity index (χ0n) is 21.5. The highest BCUT2D eigenvalue weighted by atomic mass is 35.5. The summed E-state index contributed by atoms with van der Waals surface area (Å²) in [4.78, 5) is 29.2. The fourth-order valence-electron chi connectivity index (χ4n) is 4.86. The van der Waals surface area contributed by atoms with Crippen LogP contribution in [-0.2, 0) is 28.3 Å². The molecule has 4 rings (SSSR count). The van der Waals surface area contributed by atoms with Crippen LogP contribution in [0.5, 0.6) is 0 Å². The van der Waals surface area contributed by atoms with Crippen LogP contribution in [0.15, 0.2) is 78.9 Å². The lowest BCUT2D eigenvalue weighted by molar-refractivity contribution is -0.139. The number of nitrogens with zero attached hydrogens (tertiary/aromatic N) is 1. The van der Waals surface area contributed by atoms with Crippen molar-refractivity contribution in [3.05, 3.63) is 106 Å². The molecular weight excluding hydrogens is 519 g/mol. The Labute approximate surface area is 234 Å². The van der Waals surface area contributed by atoms with E-state index >= 15 is 0 Å². The lowest BCUT2D eigenvalue weighted by atomic mass is 9.94. The van der Waals surface area contributed by atoms with E-state index < -0.39 is 6.04 Å². The van der Waals surface area contributed by atoms with Crippen LogP contribution in [0.2, 0.25) is 5.02 Å².